The third kappa shape index (κ3) is 2.41. The first-order valence-electron chi connectivity index (χ1n) is 6.64. The molecule has 3 nitrogen and oxygen atoms in total. The van der Waals surface area contributed by atoms with Crippen molar-refractivity contribution >= 4 is 11.6 Å². The SMILES string of the molecule is CN1CC2CNCCN2C(c2ccc(Cl)cc2)C1. The van der Waals surface area contributed by atoms with Crippen LogP contribution in [0.1, 0.15) is 11.6 Å². The van der Waals surface area contributed by atoms with Crippen molar-refractivity contribution in [3.8, 4) is 0 Å². The highest BCUT2D eigenvalue weighted by molar-refractivity contribution is 6.30. The van der Waals surface area contributed by atoms with Crippen LogP contribution in [0, 0.1) is 0 Å². The van der Waals surface area contributed by atoms with Gasteiger partial charge >= 0.3 is 0 Å². The standard InChI is InChI=1S/C14H20ClN3/c1-17-9-13-8-16-6-7-18(13)14(10-17)11-2-4-12(15)5-3-11/h2-5,13-14,16H,6-10H2,1H3. The maximum atomic E-state index is 5.98. The number of benzene rings is 1. The molecule has 2 saturated heterocycles. The van der Waals surface area contributed by atoms with Crippen molar-refractivity contribution in [2.75, 3.05) is 39.8 Å². The highest BCUT2D eigenvalue weighted by Gasteiger charge is 2.35. The van der Waals surface area contributed by atoms with Gasteiger partial charge in [-0.1, -0.05) is 23.7 Å². The topological polar surface area (TPSA) is 18.5 Å². The number of fused-ring (bicyclic) bond motifs is 1. The van der Waals surface area contributed by atoms with Gasteiger partial charge in [0.25, 0.3) is 0 Å². The smallest absolute Gasteiger partial charge is 0.0479 e. The molecule has 0 saturated carbocycles. The predicted molar refractivity (Wildman–Crippen MR) is 75.1 cm³/mol. The van der Waals surface area contributed by atoms with Crippen LogP contribution in [0.4, 0.5) is 0 Å². The van der Waals surface area contributed by atoms with Crippen LogP contribution >= 0.6 is 11.6 Å². The van der Waals surface area contributed by atoms with Gasteiger partial charge in [0, 0.05) is 49.8 Å². The minimum absolute atomic E-state index is 0.508. The summed E-state index contributed by atoms with van der Waals surface area (Å²) >= 11 is 5.98. The lowest BCUT2D eigenvalue weighted by atomic mass is 9.97. The van der Waals surface area contributed by atoms with Crippen LogP contribution < -0.4 is 5.32 Å². The molecular weight excluding hydrogens is 246 g/mol. The van der Waals surface area contributed by atoms with Crippen LogP contribution in [0.15, 0.2) is 24.3 Å². The molecule has 2 heterocycles. The van der Waals surface area contributed by atoms with Gasteiger partial charge in [0.1, 0.15) is 0 Å². The Morgan fingerprint density at radius 2 is 2.00 bits per heavy atom. The van der Waals surface area contributed by atoms with Gasteiger partial charge in [-0.2, -0.15) is 0 Å². The minimum atomic E-state index is 0.508. The third-order valence-electron chi connectivity index (χ3n) is 4.06. The Morgan fingerprint density at radius 3 is 2.78 bits per heavy atom. The second-order valence-electron chi connectivity index (χ2n) is 5.38. The summed E-state index contributed by atoms with van der Waals surface area (Å²) in [6.45, 7) is 5.62. The van der Waals surface area contributed by atoms with Crippen molar-refractivity contribution in [2.45, 2.75) is 12.1 Å². The number of rotatable bonds is 1. The molecule has 0 spiro atoms. The summed E-state index contributed by atoms with van der Waals surface area (Å²) in [6, 6.07) is 9.49. The van der Waals surface area contributed by atoms with Crippen LogP contribution in [0.5, 0.6) is 0 Å². The molecule has 1 aromatic rings. The Kier molecular flexibility index (Phi) is 3.57. The van der Waals surface area contributed by atoms with Crippen molar-refractivity contribution in [3.05, 3.63) is 34.9 Å². The largest absolute Gasteiger partial charge is 0.314 e. The Hall–Kier alpha value is -0.610. The molecule has 1 N–H and O–H groups in total. The van der Waals surface area contributed by atoms with Gasteiger partial charge in [0.2, 0.25) is 0 Å². The summed E-state index contributed by atoms with van der Waals surface area (Å²) < 4.78 is 0. The van der Waals surface area contributed by atoms with Crippen molar-refractivity contribution < 1.29 is 0 Å². The number of halogens is 1. The molecule has 0 aromatic heterocycles. The van der Waals surface area contributed by atoms with Gasteiger partial charge in [-0.15, -0.1) is 0 Å². The summed E-state index contributed by atoms with van der Waals surface area (Å²) in [5.74, 6) is 0. The second kappa shape index (κ2) is 5.17. The molecule has 0 radical (unpaired) electrons. The molecule has 0 bridgehead atoms. The fourth-order valence-electron chi connectivity index (χ4n) is 3.17. The van der Waals surface area contributed by atoms with E-state index in [2.05, 4.69) is 34.3 Å². The summed E-state index contributed by atoms with van der Waals surface area (Å²) in [6.07, 6.45) is 0. The van der Waals surface area contributed by atoms with Crippen molar-refractivity contribution in [3.63, 3.8) is 0 Å². The highest BCUT2D eigenvalue weighted by atomic mass is 35.5. The van der Waals surface area contributed by atoms with E-state index in [4.69, 9.17) is 11.6 Å². The van der Waals surface area contributed by atoms with Crippen LogP contribution in [0.3, 0.4) is 0 Å². The molecule has 2 unspecified atom stereocenters. The molecule has 2 fully saturated rings. The highest BCUT2D eigenvalue weighted by Crippen LogP contribution is 2.29. The van der Waals surface area contributed by atoms with Crippen LogP contribution in [0.25, 0.3) is 0 Å². The number of piperazine rings is 2. The fourth-order valence-corrected chi connectivity index (χ4v) is 3.30. The van der Waals surface area contributed by atoms with Gasteiger partial charge < -0.3 is 10.2 Å². The molecule has 2 aliphatic heterocycles. The summed E-state index contributed by atoms with van der Waals surface area (Å²) in [5.41, 5.74) is 1.39. The molecule has 98 valence electrons. The zero-order chi connectivity index (χ0) is 12.5. The van der Waals surface area contributed by atoms with E-state index in [1.54, 1.807) is 0 Å². The molecule has 0 amide bonds. The lowest BCUT2D eigenvalue weighted by molar-refractivity contribution is 0.0194. The van der Waals surface area contributed by atoms with E-state index >= 15 is 0 Å². The van der Waals surface area contributed by atoms with E-state index in [1.165, 1.54) is 5.56 Å². The molecule has 18 heavy (non-hydrogen) atoms. The number of nitrogens with one attached hydrogen (secondary N) is 1. The van der Waals surface area contributed by atoms with Crippen LogP contribution in [-0.4, -0.2) is 55.6 Å². The lowest BCUT2D eigenvalue weighted by Crippen LogP contribution is -2.61. The monoisotopic (exact) mass is 265 g/mol. The quantitative estimate of drug-likeness (QED) is 0.832. The van der Waals surface area contributed by atoms with E-state index in [9.17, 15) is 0 Å². The number of nitrogens with zero attached hydrogens (tertiary/aromatic N) is 2. The molecule has 4 heteroatoms. The Morgan fingerprint density at radius 1 is 1.22 bits per heavy atom. The van der Waals surface area contributed by atoms with Gasteiger partial charge in [0.05, 0.1) is 0 Å². The van der Waals surface area contributed by atoms with Gasteiger partial charge in [0.15, 0.2) is 0 Å². The Labute approximate surface area is 114 Å². The first-order valence-corrected chi connectivity index (χ1v) is 7.02. The summed E-state index contributed by atoms with van der Waals surface area (Å²) in [7, 11) is 2.22. The summed E-state index contributed by atoms with van der Waals surface area (Å²) in [5, 5.41) is 4.32. The van der Waals surface area contributed by atoms with Gasteiger partial charge in [-0.3, -0.25) is 4.90 Å². The molecule has 2 atom stereocenters. The van der Waals surface area contributed by atoms with Gasteiger partial charge in [-0.25, -0.2) is 0 Å². The van der Waals surface area contributed by atoms with E-state index in [0.717, 1.165) is 37.7 Å². The zero-order valence-corrected chi connectivity index (χ0v) is 11.5. The maximum Gasteiger partial charge on any atom is 0.0479 e. The normalized spacial score (nSPS) is 30.1. The molecule has 2 aliphatic rings. The van der Waals surface area contributed by atoms with E-state index in [1.807, 2.05) is 12.1 Å². The number of likely N-dealkylation sites (N-methyl/N-ethyl adjacent to an activating group) is 1. The third-order valence-corrected chi connectivity index (χ3v) is 4.31. The van der Waals surface area contributed by atoms with E-state index < -0.39 is 0 Å². The van der Waals surface area contributed by atoms with Crippen LogP contribution in [-0.2, 0) is 0 Å². The Balaban J connectivity index is 1.86. The summed E-state index contributed by atoms with van der Waals surface area (Å²) in [4.78, 5) is 5.09. The van der Waals surface area contributed by atoms with Crippen molar-refractivity contribution in [1.82, 2.24) is 15.1 Å². The fraction of sp³-hybridized carbons (Fsp3) is 0.571. The minimum Gasteiger partial charge on any atom is -0.314 e. The predicted octanol–water partition coefficient (Wildman–Crippen LogP) is 1.60. The first kappa shape index (κ1) is 12.4. The average molecular weight is 266 g/mol. The van der Waals surface area contributed by atoms with Gasteiger partial charge in [-0.05, 0) is 24.7 Å². The van der Waals surface area contributed by atoms with Crippen LogP contribution in [0.2, 0.25) is 5.02 Å². The van der Waals surface area contributed by atoms with E-state index in [0.29, 0.717) is 12.1 Å². The van der Waals surface area contributed by atoms with Crippen molar-refractivity contribution in [1.29, 1.82) is 0 Å². The number of hydrogen-bond donors (Lipinski definition) is 1. The number of hydrogen-bond acceptors (Lipinski definition) is 3. The molecular formula is C14H20ClN3. The maximum absolute atomic E-state index is 5.98. The molecule has 0 aliphatic carbocycles. The lowest BCUT2D eigenvalue weighted by Gasteiger charge is -2.48. The first-order chi connectivity index (χ1) is 8.74. The van der Waals surface area contributed by atoms with E-state index in [-0.39, 0.29) is 0 Å². The molecule has 3 rings (SSSR count). The second-order valence-corrected chi connectivity index (χ2v) is 5.82. The zero-order valence-electron chi connectivity index (χ0n) is 10.8. The Bertz CT molecular complexity index is 406. The average Bonchev–Trinajstić information content (AvgIpc) is 2.38. The van der Waals surface area contributed by atoms with Crippen molar-refractivity contribution in [2.24, 2.45) is 0 Å². The molecule has 1 aromatic carbocycles.